The highest BCUT2D eigenvalue weighted by Crippen LogP contribution is 2.21. The van der Waals surface area contributed by atoms with Gasteiger partial charge in [-0.2, -0.15) is 0 Å². The third-order valence-electron chi connectivity index (χ3n) is 2.79. The first-order valence-electron chi connectivity index (χ1n) is 5.96. The van der Waals surface area contributed by atoms with E-state index in [9.17, 15) is 8.42 Å². The molecule has 19 heavy (non-hydrogen) atoms. The summed E-state index contributed by atoms with van der Waals surface area (Å²) in [6.07, 6.45) is 2.39. The largest absolute Gasteiger partial charge is 0.256 e. The van der Waals surface area contributed by atoms with Crippen LogP contribution in [0.15, 0.2) is 41.4 Å². The molecule has 0 saturated carbocycles. The van der Waals surface area contributed by atoms with Crippen LogP contribution in [0.1, 0.15) is 13.3 Å². The lowest BCUT2D eigenvalue weighted by Crippen LogP contribution is -2.32. The Morgan fingerprint density at radius 2 is 2.11 bits per heavy atom. The van der Waals surface area contributed by atoms with Gasteiger partial charge < -0.3 is 0 Å². The number of fused-ring (bicyclic) bond motifs is 1. The van der Waals surface area contributed by atoms with Crippen LogP contribution in [0, 0.1) is 0 Å². The van der Waals surface area contributed by atoms with Crippen molar-refractivity contribution in [2.75, 3.05) is 5.33 Å². The maximum atomic E-state index is 12.4. The molecule has 0 spiro atoms. The van der Waals surface area contributed by atoms with Crippen molar-refractivity contribution in [2.45, 2.75) is 24.3 Å². The minimum atomic E-state index is -3.52. The van der Waals surface area contributed by atoms with Gasteiger partial charge in [-0.15, -0.1) is 0 Å². The zero-order valence-electron chi connectivity index (χ0n) is 10.5. The second-order valence-electron chi connectivity index (χ2n) is 4.33. The van der Waals surface area contributed by atoms with Crippen LogP contribution in [0.3, 0.4) is 0 Å². The number of hydrogen-bond donors (Lipinski definition) is 1. The molecule has 2 aromatic rings. The van der Waals surface area contributed by atoms with Gasteiger partial charge in [0.05, 0.1) is 10.4 Å². The lowest BCUT2D eigenvalue weighted by molar-refractivity contribution is 0.558. The molecule has 102 valence electrons. The molecular formula is C13H15BrN2O2S. The van der Waals surface area contributed by atoms with E-state index in [1.807, 2.05) is 6.92 Å². The molecule has 0 aliphatic heterocycles. The molecule has 1 aromatic heterocycles. The zero-order valence-corrected chi connectivity index (χ0v) is 12.9. The van der Waals surface area contributed by atoms with E-state index in [1.165, 1.54) is 0 Å². The van der Waals surface area contributed by atoms with Crippen molar-refractivity contribution in [3.63, 3.8) is 0 Å². The summed E-state index contributed by atoms with van der Waals surface area (Å²) in [5, 5.41) is 1.40. The van der Waals surface area contributed by atoms with Crippen molar-refractivity contribution in [2.24, 2.45) is 0 Å². The molecule has 6 heteroatoms. The highest BCUT2D eigenvalue weighted by atomic mass is 79.9. The maximum absolute atomic E-state index is 12.4. The quantitative estimate of drug-likeness (QED) is 0.850. The Morgan fingerprint density at radius 1 is 1.32 bits per heavy atom. The van der Waals surface area contributed by atoms with Crippen molar-refractivity contribution in [3.05, 3.63) is 36.5 Å². The summed E-state index contributed by atoms with van der Waals surface area (Å²) in [7, 11) is -3.52. The van der Waals surface area contributed by atoms with Gasteiger partial charge in [-0.1, -0.05) is 22.0 Å². The predicted molar refractivity (Wildman–Crippen MR) is 79.9 cm³/mol. The number of sulfonamides is 1. The van der Waals surface area contributed by atoms with E-state index in [0.717, 1.165) is 11.8 Å². The molecule has 0 aliphatic rings. The molecule has 1 heterocycles. The lowest BCUT2D eigenvalue weighted by Gasteiger charge is -2.14. The van der Waals surface area contributed by atoms with E-state index in [0.29, 0.717) is 10.9 Å². The number of hydrogen-bond acceptors (Lipinski definition) is 3. The Kier molecular flexibility index (Phi) is 4.54. The summed E-state index contributed by atoms with van der Waals surface area (Å²) in [6.45, 7) is 1.85. The minimum Gasteiger partial charge on any atom is -0.256 e. The Hall–Kier alpha value is -0.980. The smallest absolute Gasteiger partial charge is 0.241 e. The number of halogens is 1. The predicted octanol–water partition coefficient (Wildman–Crippen LogP) is 2.69. The van der Waals surface area contributed by atoms with Gasteiger partial charge in [0.25, 0.3) is 0 Å². The molecule has 0 radical (unpaired) electrons. The summed E-state index contributed by atoms with van der Waals surface area (Å²) >= 11 is 3.31. The zero-order chi connectivity index (χ0) is 13.9. The van der Waals surface area contributed by atoms with Crippen LogP contribution in [0.4, 0.5) is 0 Å². The average Bonchev–Trinajstić information content (AvgIpc) is 2.37. The fraction of sp³-hybridized carbons (Fsp3) is 0.308. The van der Waals surface area contributed by atoms with E-state index in [1.54, 1.807) is 36.5 Å². The van der Waals surface area contributed by atoms with Gasteiger partial charge in [-0.3, -0.25) is 4.98 Å². The van der Waals surface area contributed by atoms with Gasteiger partial charge in [-0.25, -0.2) is 13.1 Å². The second kappa shape index (κ2) is 5.98. The second-order valence-corrected chi connectivity index (χ2v) is 6.80. The molecular weight excluding hydrogens is 328 g/mol. The molecule has 0 saturated heterocycles. The van der Waals surface area contributed by atoms with Crippen molar-refractivity contribution in [3.8, 4) is 0 Å². The number of rotatable bonds is 5. The van der Waals surface area contributed by atoms with Gasteiger partial charge in [0.2, 0.25) is 10.0 Å². The summed E-state index contributed by atoms with van der Waals surface area (Å²) in [6, 6.07) is 8.51. The van der Waals surface area contributed by atoms with Crippen LogP contribution in [0.5, 0.6) is 0 Å². The fourth-order valence-corrected chi connectivity index (χ4v) is 4.04. The van der Waals surface area contributed by atoms with Crippen molar-refractivity contribution < 1.29 is 8.42 Å². The number of pyridine rings is 1. The van der Waals surface area contributed by atoms with E-state index in [-0.39, 0.29) is 10.9 Å². The highest BCUT2D eigenvalue weighted by Gasteiger charge is 2.19. The Morgan fingerprint density at radius 3 is 2.84 bits per heavy atom. The first-order chi connectivity index (χ1) is 9.04. The van der Waals surface area contributed by atoms with Gasteiger partial charge in [0.1, 0.15) is 0 Å². The van der Waals surface area contributed by atoms with Crippen LogP contribution in [0.2, 0.25) is 0 Å². The number of aromatic nitrogens is 1. The molecule has 2 rings (SSSR count). The number of benzene rings is 1. The molecule has 0 aliphatic carbocycles. The Labute approximate surface area is 121 Å². The normalized spacial score (nSPS) is 13.6. The first kappa shape index (κ1) is 14.4. The molecule has 1 atom stereocenters. The Balaban J connectivity index is 2.43. The van der Waals surface area contributed by atoms with Crippen LogP contribution in [0.25, 0.3) is 10.9 Å². The molecule has 0 fully saturated rings. The van der Waals surface area contributed by atoms with Gasteiger partial charge >= 0.3 is 0 Å². The van der Waals surface area contributed by atoms with Crippen LogP contribution >= 0.6 is 15.9 Å². The Bertz CT molecular complexity index is 668. The first-order valence-corrected chi connectivity index (χ1v) is 8.57. The topological polar surface area (TPSA) is 59.1 Å². The molecule has 1 N–H and O–H groups in total. The SMILES string of the molecule is CC(CCBr)NS(=O)(=O)c1cccc2ncccc12. The van der Waals surface area contributed by atoms with Crippen molar-refractivity contribution in [1.82, 2.24) is 9.71 Å². The minimum absolute atomic E-state index is 0.115. The van der Waals surface area contributed by atoms with Crippen LogP contribution in [-0.4, -0.2) is 24.8 Å². The number of nitrogens with one attached hydrogen (secondary N) is 1. The van der Waals surface area contributed by atoms with E-state index in [2.05, 4.69) is 25.6 Å². The summed E-state index contributed by atoms with van der Waals surface area (Å²) in [4.78, 5) is 4.45. The summed E-state index contributed by atoms with van der Waals surface area (Å²) in [5.74, 6) is 0. The molecule has 0 amide bonds. The fourth-order valence-electron chi connectivity index (χ4n) is 1.86. The highest BCUT2D eigenvalue weighted by molar-refractivity contribution is 9.09. The maximum Gasteiger partial charge on any atom is 0.241 e. The van der Waals surface area contributed by atoms with Crippen molar-refractivity contribution in [1.29, 1.82) is 0 Å². The van der Waals surface area contributed by atoms with Crippen LogP contribution < -0.4 is 4.72 Å². The standard InChI is InChI=1S/C13H15BrN2O2S/c1-10(7-8-14)16-19(17,18)13-6-2-5-12-11(13)4-3-9-15-12/h2-6,9-10,16H,7-8H2,1H3. The monoisotopic (exact) mass is 342 g/mol. The molecule has 1 unspecified atom stereocenters. The van der Waals surface area contributed by atoms with E-state index >= 15 is 0 Å². The van der Waals surface area contributed by atoms with Gasteiger partial charge in [0, 0.05) is 23.0 Å². The third-order valence-corrected chi connectivity index (χ3v) is 4.90. The van der Waals surface area contributed by atoms with Gasteiger partial charge in [0.15, 0.2) is 0 Å². The van der Waals surface area contributed by atoms with E-state index in [4.69, 9.17) is 0 Å². The summed E-state index contributed by atoms with van der Waals surface area (Å²) < 4.78 is 27.4. The lowest BCUT2D eigenvalue weighted by atomic mass is 10.2. The van der Waals surface area contributed by atoms with Crippen molar-refractivity contribution >= 4 is 36.9 Å². The van der Waals surface area contributed by atoms with Gasteiger partial charge in [-0.05, 0) is 37.6 Å². The van der Waals surface area contributed by atoms with Crippen LogP contribution in [-0.2, 0) is 10.0 Å². The molecule has 4 nitrogen and oxygen atoms in total. The third kappa shape index (κ3) is 3.32. The summed E-state index contributed by atoms with van der Waals surface area (Å²) in [5.41, 5.74) is 0.679. The molecule has 1 aromatic carbocycles. The van der Waals surface area contributed by atoms with E-state index < -0.39 is 10.0 Å². The number of alkyl halides is 1. The average molecular weight is 343 g/mol. The molecule has 0 bridgehead atoms. The number of nitrogens with zero attached hydrogens (tertiary/aromatic N) is 1.